The van der Waals surface area contributed by atoms with E-state index < -0.39 is 0 Å². The lowest BCUT2D eigenvalue weighted by atomic mass is 9.89. The second-order valence-electron chi connectivity index (χ2n) is 7.42. The van der Waals surface area contributed by atoms with Gasteiger partial charge in [-0.15, -0.1) is 10.2 Å². The van der Waals surface area contributed by atoms with Crippen LogP contribution in [-0.2, 0) is 11.8 Å². The molecule has 150 valence electrons. The molecular formula is C23H26N4OS. The Morgan fingerprint density at radius 3 is 2.14 bits per heavy atom. The summed E-state index contributed by atoms with van der Waals surface area (Å²) in [6.07, 6.45) is 6.22. The number of para-hydroxylation sites is 2. The number of benzene rings is 2. The molecule has 1 aliphatic carbocycles. The molecule has 0 aliphatic heterocycles. The van der Waals surface area contributed by atoms with Gasteiger partial charge in [-0.3, -0.25) is 9.69 Å². The summed E-state index contributed by atoms with van der Waals surface area (Å²) in [7, 11) is 2.02. The van der Waals surface area contributed by atoms with Crippen LogP contribution in [0.2, 0.25) is 0 Å². The third-order valence-electron chi connectivity index (χ3n) is 5.44. The smallest absolute Gasteiger partial charge is 0.242 e. The van der Waals surface area contributed by atoms with E-state index in [2.05, 4.69) is 14.8 Å². The molecular weight excluding hydrogens is 380 g/mol. The molecule has 0 bridgehead atoms. The Bertz CT molecular complexity index is 897. The van der Waals surface area contributed by atoms with Crippen LogP contribution >= 0.6 is 11.8 Å². The number of aromatic nitrogens is 3. The van der Waals surface area contributed by atoms with Crippen LogP contribution in [0.15, 0.2) is 65.8 Å². The highest BCUT2D eigenvalue weighted by Gasteiger charge is 2.23. The molecule has 0 radical (unpaired) electrons. The van der Waals surface area contributed by atoms with Gasteiger partial charge in [-0.1, -0.05) is 67.4 Å². The van der Waals surface area contributed by atoms with Gasteiger partial charge in [0.2, 0.25) is 5.91 Å². The van der Waals surface area contributed by atoms with Crippen molar-refractivity contribution >= 4 is 29.0 Å². The normalized spacial score (nSPS) is 14.7. The molecule has 1 aliphatic rings. The molecule has 0 saturated heterocycles. The first-order valence-corrected chi connectivity index (χ1v) is 11.2. The van der Waals surface area contributed by atoms with Gasteiger partial charge < -0.3 is 4.57 Å². The van der Waals surface area contributed by atoms with Gasteiger partial charge in [0.1, 0.15) is 5.82 Å². The summed E-state index contributed by atoms with van der Waals surface area (Å²) in [5.41, 5.74) is 1.73. The van der Waals surface area contributed by atoms with Gasteiger partial charge in [0.05, 0.1) is 5.75 Å². The molecule has 1 heterocycles. The minimum Gasteiger partial charge on any atom is -0.309 e. The summed E-state index contributed by atoms with van der Waals surface area (Å²) in [6.45, 7) is 0. The Kier molecular flexibility index (Phi) is 6.30. The molecule has 3 aromatic rings. The predicted octanol–water partition coefficient (Wildman–Crippen LogP) is 5.32. The molecule has 4 rings (SSSR count). The van der Waals surface area contributed by atoms with E-state index in [1.54, 1.807) is 4.90 Å². The lowest BCUT2D eigenvalue weighted by Crippen LogP contribution is -2.27. The van der Waals surface area contributed by atoms with E-state index in [0.717, 1.165) is 22.4 Å². The average Bonchev–Trinajstić information content (AvgIpc) is 3.15. The van der Waals surface area contributed by atoms with Crippen molar-refractivity contribution in [2.45, 2.75) is 43.2 Å². The third-order valence-corrected chi connectivity index (χ3v) is 6.45. The number of hydrogen-bond acceptors (Lipinski definition) is 4. The van der Waals surface area contributed by atoms with Crippen LogP contribution < -0.4 is 4.90 Å². The fourth-order valence-electron chi connectivity index (χ4n) is 3.95. The van der Waals surface area contributed by atoms with Gasteiger partial charge in [0, 0.05) is 24.3 Å². The zero-order valence-electron chi connectivity index (χ0n) is 16.7. The van der Waals surface area contributed by atoms with Crippen molar-refractivity contribution in [1.29, 1.82) is 0 Å². The van der Waals surface area contributed by atoms with Crippen molar-refractivity contribution in [3.05, 3.63) is 66.5 Å². The minimum absolute atomic E-state index is 0.0228. The zero-order valence-corrected chi connectivity index (χ0v) is 17.5. The maximum absolute atomic E-state index is 13.2. The number of carbonyl (C=O) groups excluding carboxylic acids is 1. The van der Waals surface area contributed by atoms with Gasteiger partial charge in [-0.2, -0.15) is 0 Å². The lowest BCUT2D eigenvalue weighted by Gasteiger charge is -2.23. The van der Waals surface area contributed by atoms with Crippen molar-refractivity contribution < 1.29 is 4.79 Å². The summed E-state index contributed by atoms with van der Waals surface area (Å²) in [6, 6.07) is 19.5. The first-order valence-electron chi connectivity index (χ1n) is 10.2. The van der Waals surface area contributed by atoms with Crippen LogP contribution in [0.4, 0.5) is 11.4 Å². The highest BCUT2D eigenvalue weighted by Crippen LogP contribution is 2.33. The topological polar surface area (TPSA) is 51.0 Å². The van der Waals surface area contributed by atoms with Crippen LogP contribution in [0.1, 0.15) is 43.8 Å². The van der Waals surface area contributed by atoms with Crippen LogP contribution in [0.3, 0.4) is 0 Å². The van der Waals surface area contributed by atoms with E-state index >= 15 is 0 Å². The maximum Gasteiger partial charge on any atom is 0.242 e. The SMILES string of the molecule is Cn1c(SCC(=O)N(c2ccccc2)c2ccccc2)nnc1C1CCCCC1. The molecule has 0 unspecified atom stereocenters. The number of carbonyl (C=O) groups is 1. The standard InChI is InChI=1S/C23H26N4OS/c1-26-22(18-11-5-2-6-12-18)24-25-23(26)29-17-21(28)27(19-13-7-3-8-14-19)20-15-9-4-10-16-20/h3-4,7-10,13-16,18H,2,5-6,11-12,17H2,1H3. The molecule has 1 fully saturated rings. The second kappa shape index (κ2) is 9.27. The van der Waals surface area contributed by atoms with Crippen LogP contribution in [0.25, 0.3) is 0 Å². The van der Waals surface area contributed by atoms with E-state index in [4.69, 9.17) is 0 Å². The second-order valence-corrected chi connectivity index (χ2v) is 8.37. The summed E-state index contributed by atoms with van der Waals surface area (Å²) in [5, 5.41) is 9.62. The summed E-state index contributed by atoms with van der Waals surface area (Å²) < 4.78 is 2.07. The Labute approximate surface area is 176 Å². The number of rotatable bonds is 6. The molecule has 2 aromatic carbocycles. The van der Waals surface area contributed by atoms with Crippen molar-refractivity contribution in [2.24, 2.45) is 7.05 Å². The summed E-state index contributed by atoms with van der Waals surface area (Å²) >= 11 is 1.46. The molecule has 0 atom stereocenters. The monoisotopic (exact) mass is 406 g/mol. The number of amides is 1. The van der Waals surface area contributed by atoms with Gasteiger partial charge in [-0.25, -0.2) is 0 Å². The first-order chi connectivity index (χ1) is 14.2. The Balaban J connectivity index is 1.50. The van der Waals surface area contributed by atoms with Gasteiger partial charge in [0.15, 0.2) is 5.16 Å². The van der Waals surface area contributed by atoms with Gasteiger partial charge in [-0.05, 0) is 37.1 Å². The third kappa shape index (κ3) is 4.53. The molecule has 1 aromatic heterocycles. The molecule has 5 nitrogen and oxygen atoms in total. The number of thioether (sulfide) groups is 1. The number of nitrogens with zero attached hydrogens (tertiary/aromatic N) is 4. The summed E-state index contributed by atoms with van der Waals surface area (Å²) in [4.78, 5) is 15.0. The van der Waals surface area contributed by atoms with E-state index in [9.17, 15) is 4.79 Å². The van der Waals surface area contributed by atoms with Crippen LogP contribution in [-0.4, -0.2) is 26.4 Å². The van der Waals surface area contributed by atoms with Gasteiger partial charge in [0.25, 0.3) is 0 Å². The maximum atomic E-state index is 13.2. The van der Waals surface area contributed by atoms with Gasteiger partial charge >= 0.3 is 0 Å². The minimum atomic E-state index is 0.0228. The molecule has 0 spiro atoms. The zero-order chi connectivity index (χ0) is 20.1. The quantitative estimate of drug-likeness (QED) is 0.520. The first kappa shape index (κ1) is 19.7. The van der Waals surface area contributed by atoms with E-state index in [0.29, 0.717) is 11.7 Å². The average molecular weight is 407 g/mol. The summed E-state index contributed by atoms with van der Waals surface area (Å²) in [5.74, 6) is 1.88. The molecule has 6 heteroatoms. The molecule has 29 heavy (non-hydrogen) atoms. The fraction of sp³-hybridized carbons (Fsp3) is 0.348. The lowest BCUT2D eigenvalue weighted by molar-refractivity contribution is -0.115. The van der Waals surface area contributed by atoms with Crippen molar-refractivity contribution in [3.8, 4) is 0 Å². The fourth-order valence-corrected chi connectivity index (χ4v) is 4.72. The van der Waals surface area contributed by atoms with Crippen LogP contribution in [0.5, 0.6) is 0 Å². The van der Waals surface area contributed by atoms with E-state index in [1.165, 1.54) is 43.9 Å². The molecule has 1 saturated carbocycles. The highest BCUT2D eigenvalue weighted by atomic mass is 32.2. The van der Waals surface area contributed by atoms with E-state index in [-0.39, 0.29) is 5.91 Å². The van der Waals surface area contributed by atoms with E-state index in [1.807, 2.05) is 67.7 Å². The van der Waals surface area contributed by atoms with Crippen molar-refractivity contribution in [1.82, 2.24) is 14.8 Å². The van der Waals surface area contributed by atoms with Crippen LogP contribution in [0, 0.1) is 0 Å². The number of anilines is 2. The Hall–Kier alpha value is -2.60. The predicted molar refractivity (Wildman–Crippen MR) is 118 cm³/mol. The highest BCUT2D eigenvalue weighted by molar-refractivity contribution is 7.99. The molecule has 1 amide bonds. The largest absolute Gasteiger partial charge is 0.309 e. The van der Waals surface area contributed by atoms with Crippen molar-refractivity contribution in [3.63, 3.8) is 0 Å². The Morgan fingerprint density at radius 2 is 1.55 bits per heavy atom. The van der Waals surface area contributed by atoms with Crippen molar-refractivity contribution in [2.75, 3.05) is 10.7 Å². The number of hydrogen-bond donors (Lipinski definition) is 0. The molecule has 0 N–H and O–H groups in total. The Morgan fingerprint density at radius 1 is 0.966 bits per heavy atom.